The van der Waals surface area contributed by atoms with Crippen LogP contribution in [-0.2, 0) is 9.59 Å². The lowest BCUT2D eigenvalue weighted by Crippen LogP contribution is -2.45. The molecule has 4 heteroatoms. The van der Waals surface area contributed by atoms with Gasteiger partial charge in [0.15, 0.2) is 0 Å². The Morgan fingerprint density at radius 2 is 1.92 bits per heavy atom. The molecular formula is C8H16N2O2. The summed E-state index contributed by atoms with van der Waals surface area (Å²) in [7, 11) is 0. The largest absolute Gasteiger partial charge is 0.348 e. The van der Waals surface area contributed by atoms with Gasteiger partial charge in [-0.15, -0.1) is 0 Å². The fourth-order valence-electron chi connectivity index (χ4n) is 0.632. The van der Waals surface area contributed by atoms with Gasteiger partial charge in [0.25, 0.3) is 0 Å². The van der Waals surface area contributed by atoms with Gasteiger partial charge in [-0.25, -0.2) is 0 Å². The van der Waals surface area contributed by atoms with Gasteiger partial charge in [-0.3, -0.25) is 9.59 Å². The van der Waals surface area contributed by atoms with E-state index in [1.807, 2.05) is 13.8 Å². The minimum atomic E-state index is -0.524. The van der Waals surface area contributed by atoms with Crippen LogP contribution < -0.4 is 11.1 Å². The third-order valence-corrected chi connectivity index (χ3v) is 1.53. The molecular weight excluding hydrogens is 156 g/mol. The van der Waals surface area contributed by atoms with Gasteiger partial charge in [-0.2, -0.15) is 0 Å². The van der Waals surface area contributed by atoms with Gasteiger partial charge in [0.1, 0.15) is 5.78 Å². The predicted octanol–water partition coefficient (Wildman–Crippen LogP) is -0.325. The van der Waals surface area contributed by atoms with Gasteiger partial charge in [-0.1, -0.05) is 13.8 Å². The van der Waals surface area contributed by atoms with E-state index in [0.29, 0.717) is 0 Å². The molecule has 0 aromatic heterocycles. The predicted molar refractivity (Wildman–Crippen MR) is 46.5 cm³/mol. The number of Topliss-reactive ketones (excluding diaryl/α,β-unsaturated/α-hetero) is 1. The van der Waals surface area contributed by atoms with Gasteiger partial charge in [0, 0.05) is 0 Å². The molecule has 3 N–H and O–H groups in total. The quantitative estimate of drug-likeness (QED) is 0.610. The first-order valence-corrected chi connectivity index (χ1v) is 3.98. The highest BCUT2D eigenvalue weighted by atomic mass is 16.2. The summed E-state index contributed by atoms with van der Waals surface area (Å²) in [5, 5.41) is 2.45. The molecule has 0 rings (SSSR count). The molecule has 0 aliphatic carbocycles. The Bertz CT molecular complexity index is 178. The van der Waals surface area contributed by atoms with Crippen LogP contribution in [0.25, 0.3) is 0 Å². The zero-order valence-corrected chi connectivity index (χ0v) is 7.76. The van der Waals surface area contributed by atoms with Crippen molar-refractivity contribution in [2.45, 2.75) is 26.8 Å². The minimum Gasteiger partial charge on any atom is -0.348 e. The van der Waals surface area contributed by atoms with Crippen LogP contribution in [0.4, 0.5) is 0 Å². The summed E-state index contributed by atoms with van der Waals surface area (Å²) in [6, 6.07) is -0.524. The molecule has 0 saturated heterocycles. The molecule has 0 aromatic carbocycles. The Labute approximate surface area is 72.5 Å². The average Bonchev–Trinajstić information content (AvgIpc) is 1.98. The summed E-state index contributed by atoms with van der Waals surface area (Å²) >= 11 is 0. The zero-order valence-electron chi connectivity index (χ0n) is 7.76. The smallest absolute Gasteiger partial charge is 0.237 e. The van der Waals surface area contributed by atoms with E-state index in [4.69, 9.17) is 5.73 Å². The Morgan fingerprint density at radius 1 is 1.42 bits per heavy atom. The second kappa shape index (κ2) is 4.87. The van der Waals surface area contributed by atoms with Crippen molar-refractivity contribution in [1.29, 1.82) is 0 Å². The highest BCUT2D eigenvalue weighted by Crippen LogP contribution is 1.97. The fraction of sp³-hybridized carbons (Fsp3) is 0.750. The van der Waals surface area contributed by atoms with E-state index in [-0.39, 0.29) is 24.2 Å². The molecule has 1 unspecified atom stereocenters. The summed E-state index contributed by atoms with van der Waals surface area (Å²) in [4.78, 5) is 21.6. The van der Waals surface area contributed by atoms with Crippen molar-refractivity contribution in [2.75, 3.05) is 6.54 Å². The van der Waals surface area contributed by atoms with Crippen LogP contribution in [0, 0.1) is 5.92 Å². The van der Waals surface area contributed by atoms with E-state index in [9.17, 15) is 9.59 Å². The molecule has 4 nitrogen and oxygen atoms in total. The van der Waals surface area contributed by atoms with E-state index in [1.54, 1.807) is 0 Å². The molecule has 0 heterocycles. The van der Waals surface area contributed by atoms with Crippen molar-refractivity contribution in [3.8, 4) is 0 Å². The van der Waals surface area contributed by atoms with E-state index in [2.05, 4.69) is 5.32 Å². The van der Waals surface area contributed by atoms with Crippen LogP contribution in [0.3, 0.4) is 0 Å². The number of carbonyl (C=O) groups is 2. The standard InChI is InChI=1S/C8H16N2O2/c1-5(2)7(9)8(12)10-4-6(3)11/h5,7H,4,9H2,1-3H3,(H,10,12). The maximum atomic E-state index is 11.1. The van der Waals surface area contributed by atoms with Gasteiger partial charge >= 0.3 is 0 Å². The molecule has 1 atom stereocenters. The zero-order chi connectivity index (χ0) is 9.72. The van der Waals surface area contributed by atoms with Crippen LogP contribution >= 0.6 is 0 Å². The SMILES string of the molecule is CC(=O)CNC(=O)C(N)C(C)C. The van der Waals surface area contributed by atoms with Crippen molar-refractivity contribution >= 4 is 11.7 Å². The number of nitrogens with one attached hydrogen (secondary N) is 1. The third kappa shape index (κ3) is 4.08. The third-order valence-electron chi connectivity index (χ3n) is 1.53. The van der Waals surface area contributed by atoms with Crippen molar-refractivity contribution in [3.05, 3.63) is 0 Å². The second-order valence-electron chi connectivity index (χ2n) is 3.19. The van der Waals surface area contributed by atoms with Crippen molar-refractivity contribution in [3.63, 3.8) is 0 Å². The summed E-state index contributed by atoms with van der Waals surface area (Å²) in [6.45, 7) is 5.20. The van der Waals surface area contributed by atoms with Gasteiger partial charge in [0.2, 0.25) is 5.91 Å². The molecule has 1 amide bonds. The molecule has 70 valence electrons. The second-order valence-corrected chi connectivity index (χ2v) is 3.19. The molecule has 0 aliphatic rings. The maximum absolute atomic E-state index is 11.1. The van der Waals surface area contributed by atoms with Crippen molar-refractivity contribution in [1.82, 2.24) is 5.32 Å². The molecule has 0 radical (unpaired) electrons. The summed E-state index contributed by atoms with van der Waals surface area (Å²) in [6.07, 6.45) is 0. The fourth-order valence-corrected chi connectivity index (χ4v) is 0.632. The highest BCUT2D eigenvalue weighted by molar-refractivity contribution is 5.87. The van der Waals surface area contributed by atoms with E-state index < -0.39 is 6.04 Å². The number of nitrogens with two attached hydrogens (primary N) is 1. The van der Waals surface area contributed by atoms with Gasteiger partial charge in [-0.05, 0) is 12.8 Å². The Morgan fingerprint density at radius 3 is 2.25 bits per heavy atom. The average molecular weight is 172 g/mol. The highest BCUT2D eigenvalue weighted by Gasteiger charge is 2.16. The van der Waals surface area contributed by atoms with E-state index in [0.717, 1.165) is 0 Å². The summed E-state index contributed by atoms with van der Waals surface area (Å²) < 4.78 is 0. The lowest BCUT2D eigenvalue weighted by atomic mass is 10.1. The number of hydrogen-bond donors (Lipinski definition) is 2. The van der Waals surface area contributed by atoms with Crippen LogP contribution in [0.5, 0.6) is 0 Å². The van der Waals surface area contributed by atoms with Crippen molar-refractivity contribution in [2.24, 2.45) is 11.7 Å². The molecule has 0 fully saturated rings. The first kappa shape index (κ1) is 11.1. The Kier molecular flexibility index (Phi) is 4.51. The van der Waals surface area contributed by atoms with Crippen LogP contribution in [0.2, 0.25) is 0 Å². The minimum absolute atomic E-state index is 0.0687. The number of rotatable bonds is 4. The summed E-state index contributed by atoms with van der Waals surface area (Å²) in [5.41, 5.74) is 5.52. The molecule has 0 aliphatic heterocycles. The first-order chi connectivity index (χ1) is 5.45. The first-order valence-electron chi connectivity index (χ1n) is 3.98. The van der Waals surface area contributed by atoms with Gasteiger partial charge < -0.3 is 11.1 Å². The monoisotopic (exact) mass is 172 g/mol. The molecule has 0 spiro atoms. The number of amides is 1. The van der Waals surface area contributed by atoms with Crippen LogP contribution in [-0.4, -0.2) is 24.3 Å². The lowest BCUT2D eigenvalue weighted by molar-refractivity contribution is -0.126. The number of hydrogen-bond acceptors (Lipinski definition) is 3. The van der Waals surface area contributed by atoms with Gasteiger partial charge in [0.05, 0.1) is 12.6 Å². The molecule has 0 aromatic rings. The van der Waals surface area contributed by atoms with Crippen molar-refractivity contribution < 1.29 is 9.59 Å². The maximum Gasteiger partial charge on any atom is 0.237 e. The Balaban J connectivity index is 3.80. The lowest BCUT2D eigenvalue weighted by Gasteiger charge is -2.14. The number of carbonyl (C=O) groups excluding carboxylic acids is 2. The molecule has 0 bridgehead atoms. The number of ketones is 1. The normalized spacial score (nSPS) is 12.8. The molecule has 0 saturated carbocycles. The van der Waals surface area contributed by atoms with E-state index >= 15 is 0 Å². The van der Waals surface area contributed by atoms with Crippen LogP contribution in [0.1, 0.15) is 20.8 Å². The van der Waals surface area contributed by atoms with E-state index in [1.165, 1.54) is 6.92 Å². The topological polar surface area (TPSA) is 72.2 Å². The summed E-state index contributed by atoms with van der Waals surface area (Å²) in [5.74, 6) is -0.239. The Hall–Kier alpha value is -0.900. The molecule has 12 heavy (non-hydrogen) atoms. The van der Waals surface area contributed by atoms with Crippen LogP contribution in [0.15, 0.2) is 0 Å².